The molecule has 1 amide bonds. The Kier molecular flexibility index (Phi) is 5.89. The van der Waals surface area contributed by atoms with Crippen molar-refractivity contribution in [2.24, 2.45) is 0 Å². The highest BCUT2D eigenvalue weighted by Gasteiger charge is 2.03. The molecule has 0 spiro atoms. The topological polar surface area (TPSA) is 42.0 Å². The molecule has 104 valence electrons. The first kappa shape index (κ1) is 14.9. The SMILES string of the molecule is O=C(NCCSCc1cccc(Cl)c1)c1cccnc1. The number of amides is 1. The predicted octanol–water partition coefficient (Wildman–Crippen LogP) is 3.40. The third-order valence-corrected chi connectivity index (χ3v) is 3.88. The molecule has 0 aliphatic heterocycles. The lowest BCUT2D eigenvalue weighted by molar-refractivity contribution is 0.0956. The average Bonchev–Trinajstić information content (AvgIpc) is 2.48. The molecular formula is C15H15ClN2OS. The molecule has 0 atom stereocenters. The van der Waals surface area contributed by atoms with Gasteiger partial charge in [0, 0.05) is 35.5 Å². The monoisotopic (exact) mass is 306 g/mol. The van der Waals surface area contributed by atoms with Crippen LogP contribution in [0, 0.1) is 0 Å². The zero-order chi connectivity index (χ0) is 14.2. The maximum atomic E-state index is 11.7. The Bertz CT molecular complexity index is 563. The summed E-state index contributed by atoms with van der Waals surface area (Å²) in [7, 11) is 0. The van der Waals surface area contributed by atoms with E-state index in [2.05, 4.69) is 10.3 Å². The van der Waals surface area contributed by atoms with Crippen LogP contribution in [-0.2, 0) is 5.75 Å². The van der Waals surface area contributed by atoms with Gasteiger partial charge in [0.05, 0.1) is 5.56 Å². The lowest BCUT2D eigenvalue weighted by atomic mass is 10.2. The molecule has 0 saturated carbocycles. The summed E-state index contributed by atoms with van der Waals surface area (Å²) in [5.74, 6) is 1.67. The van der Waals surface area contributed by atoms with E-state index in [-0.39, 0.29) is 5.91 Å². The standard InChI is InChI=1S/C15H15ClN2OS/c16-14-5-1-3-12(9-14)11-20-8-7-18-15(19)13-4-2-6-17-10-13/h1-6,9-10H,7-8,11H2,(H,18,19). The van der Waals surface area contributed by atoms with Gasteiger partial charge in [-0.1, -0.05) is 23.7 Å². The molecule has 0 fully saturated rings. The highest BCUT2D eigenvalue weighted by Crippen LogP contribution is 2.16. The smallest absolute Gasteiger partial charge is 0.252 e. The van der Waals surface area contributed by atoms with Gasteiger partial charge < -0.3 is 5.32 Å². The summed E-state index contributed by atoms with van der Waals surface area (Å²) in [6.45, 7) is 0.638. The molecule has 1 aromatic heterocycles. The molecule has 0 aliphatic rings. The second-order valence-electron chi connectivity index (χ2n) is 4.18. The van der Waals surface area contributed by atoms with Crippen molar-refractivity contribution in [3.05, 3.63) is 64.9 Å². The first-order chi connectivity index (χ1) is 9.75. The van der Waals surface area contributed by atoms with E-state index in [1.54, 1.807) is 36.3 Å². The van der Waals surface area contributed by atoms with Crippen molar-refractivity contribution in [3.8, 4) is 0 Å². The van der Waals surface area contributed by atoms with Gasteiger partial charge in [-0.2, -0.15) is 11.8 Å². The number of thioether (sulfide) groups is 1. The third-order valence-electron chi connectivity index (χ3n) is 2.61. The van der Waals surface area contributed by atoms with E-state index in [9.17, 15) is 4.79 Å². The Morgan fingerprint density at radius 1 is 1.30 bits per heavy atom. The number of hydrogen-bond acceptors (Lipinski definition) is 3. The summed E-state index contributed by atoms with van der Waals surface area (Å²) < 4.78 is 0. The normalized spacial score (nSPS) is 10.2. The van der Waals surface area contributed by atoms with Crippen LogP contribution in [0.4, 0.5) is 0 Å². The number of hydrogen-bond donors (Lipinski definition) is 1. The second-order valence-corrected chi connectivity index (χ2v) is 5.72. The number of carbonyl (C=O) groups excluding carboxylic acids is 1. The largest absolute Gasteiger partial charge is 0.351 e. The van der Waals surface area contributed by atoms with Crippen molar-refractivity contribution in [2.45, 2.75) is 5.75 Å². The van der Waals surface area contributed by atoms with E-state index in [4.69, 9.17) is 11.6 Å². The maximum absolute atomic E-state index is 11.7. The van der Waals surface area contributed by atoms with E-state index in [1.165, 1.54) is 5.56 Å². The van der Waals surface area contributed by atoms with Crippen molar-refractivity contribution < 1.29 is 4.79 Å². The van der Waals surface area contributed by atoms with Crippen LogP contribution in [0.15, 0.2) is 48.8 Å². The zero-order valence-corrected chi connectivity index (χ0v) is 12.5. The molecule has 0 saturated heterocycles. The van der Waals surface area contributed by atoms with E-state index in [1.807, 2.05) is 24.3 Å². The lowest BCUT2D eigenvalue weighted by Gasteiger charge is -2.05. The van der Waals surface area contributed by atoms with Crippen LogP contribution in [0.1, 0.15) is 15.9 Å². The van der Waals surface area contributed by atoms with E-state index < -0.39 is 0 Å². The summed E-state index contributed by atoms with van der Waals surface area (Å²) in [6, 6.07) is 11.3. The molecule has 0 unspecified atom stereocenters. The summed E-state index contributed by atoms with van der Waals surface area (Å²) >= 11 is 7.69. The van der Waals surface area contributed by atoms with Gasteiger partial charge in [-0.3, -0.25) is 9.78 Å². The van der Waals surface area contributed by atoms with Gasteiger partial charge in [0.2, 0.25) is 0 Å². The van der Waals surface area contributed by atoms with Crippen molar-refractivity contribution in [1.82, 2.24) is 10.3 Å². The number of pyridine rings is 1. The number of nitrogens with one attached hydrogen (secondary N) is 1. The first-order valence-electron chi connectivity index (χ1n) is 6.26. The molecule has 3 nitrogen and oxygen atoms in total. The number of aromatic nitrogens is 1. The minimum absolute atomic E-state index is 0.0820. The van der Waals surface area contributed by atoms with Crippen LogP contribution in [0.5, 0.6) is 0 Å². The predicted molar refractivity (Wildman–Crippen MR) is 84.2 cm³/mol. The van der Waals surface area contributed by atoms with Gasteiger partial charge in [-0.15, -0.1) is 0 Å². The van der Waals surface area contributed by atoms with Gasteiger partial charge >= 0.3 is 0 Å². The van der Waals surface area contributed by atoms with E-state index in [0.717, 1.165) is 16.5 Å². The molecule has 1 heterocycles. The van der Waals surface area contributed by atoms with Gasteiger partial charge in [0.15, 0.2) is 0 Å². The summed E-state index contributed by atoms with van der Waals surface area (Å²) in [4.78, 5) is 15.7. The fourth-order valence-corrected chi connectivity index (χ4v) is 2.67. The third kappa shape index (κ3) is 4.87. The van der Waals surface area contributed by atoms with E-state index >= 15 is 0 Å². The Hall–Kier alpha value is -1.52. The Labute approximate surface area is 127 Å². The quantitative estimate of drug-likeness (QED) is 0.832. The molecule has 2 aromatic rings. The molecule has 0 bridgehead atoms. The highest BCUT2D eigenvalue weighted by atomic mass is 35.5. The van der Waals surface area contributed by atoms with Gasteiger partial charge in [-0.25, -0.2) is 0 Å². The Morgan fingerprint density at radius 3 is 2.95 bits per heavy atom. The van der Waals surface area contributed by atoms with Crippen LogP contribution >= 0.6 is 23.4 Å². The maximum Gasteiger partial charge on any atom is 0.252 e. The van der Waals surface area contributed by atoms with Crippen molar-refractivity contribution in [2.75, 3.05) is 12.3 Å². The Balaban J connectivity index is 1.66. The number of rotatable bonds is 6. The molecule has 0 aliphatic carbocycles. The minimum Gasteiger partial charge on any atom is -0.351 e. The van der Waals surface area contributed by atoms with Crippen LogP contribution < -0.4 is 5.32 Å². The molecule has 0 radical (unpaired) electrons. The van der Waals surface area contributed by atoms with Gasteiger partial charge in [0.25, 0.3) is 5.91 Å². The molecular weight excluding hydrogens is 292 g/mol. The minimum atomic E-state index is -0.0820. The fourth-order valence-electron chi connectivity index (χ4n) is 1.65. The molecule has 1 N–H and O–H groups in total. The number of carbonyl (C=O) groups is 1. The van der Waals surface area contributed by atoms with Crippen LogP contribution in [0.3, 0.4) is 0 Å². The lowest BCUT2D eigenvalue weighted by Crippen LogP contribution is -2.25. The van der Waals surface area contributed by atoms with Crippen LogP contribution in [0.2, 0.25) is 5.02 Å². The van der Waals surface area contributed by atoms with Crippen molar-refractivity contribution >= 4 is 29.3 Å². The molecule has 20 heavy (non-hydrogen) atoms. The number of halogens is 1. The van der Waals surface area contributed by atoms with Crippen LogP contribution in [0.25, 0.3) is 0 Å². The molecule has 5 heteroatoms. The number of benzene rings is 1. The summed E-state index contributed by atoms with van der Waals surface area (Å²) in [6.07, 6.45) is 3.21. The summed E-state index contributed by atoms with van der Waals surface area (Å²) in [5, 5.41) is 3.63. The molecule has 2 rings (SSSR count). The first-order valence-corrected chi connectivity index (χ1v) is 7.79. The zero-order valence-electron chi connectivity index (χ0n) is 10.9. The highest BCUT2D eigenvalue weighted by molar-refractivity contribution is 7.98. The second kappa shape index (κ2) is 7.92. The fraction of sp³-hybridized carbons (Fsp3) is 0.200. The van der Waals surface area contributed by atoms with Gasteiger partial charge in [-0.05, 0) is 29.8 Å². The van der Waals surface area contributed by atoms with Crippen molar-refractivity contribution in [1.29, 1.82) is 0 Å². The summed E-state index contributed by atoms with van der Waals surface area (Å²) in [5.41, 5.74) is 1.79. The molecule has 1 aromatic carbocycles. The van der Waals surface area contributed by atoms with E-state index in [0.29, 0.717) is 12.1 Å². The van der Waals surface area contributed by atoms with Gasteiger partial charge in [0.1, 0.15) is 0 Å². The number of nitrogens with zero attached hydrogens (tertiary/aromatic N) is 1. The van der Waals surface area contributed by atoms with Crippen molar-refractivity contribution in [3.63, 3.8) is 0 Å². The Morgan fingerprint density at radius 2 is 2.20 bits per heavy atom. The average molecular weight is 307 g/mol. The van der Waals surface area contributed by atoms with Crippen LogP contribution in [-0.4, -0.2) is 23.2 Å².